The van der Waals surface area contributed by atoms with Gasteiger partial charge in [-0.3, -0.25) is 14.4 Å². The highest BCUT2D eigenvalue weighted by atomic mass is 16.2. The Morgan fingerprint density at radius 1 is 1.37 bits per heavy atom. The predicted molar refractivity (Wildman–Crippen MR) is 67.6 cm³/mol. The maximum absolute atomic E-state index is 12.1. The average molecular weight is 264 g/mol. The largest absolute Gasteiger partial charge is 0.353 e. The second-order valence-corrected chi connectivity index (χ2v) is 4.57. The number of carbonyl (C=O) groups excluding carboxylic acids is 2. The van der Waals surface area contributed by atoms with Crippen LogP contribution in [0, 0.1) is 0 Å². The van der Waals surface area contributed by atoms with Crippen LogP contribution in [0.5, 0.6) is 0 Å². The van der Waals surface area contributed by atoms with Crippen LogP contribution in [0.25, 0.3) is 0 Å². The van der Waals surface area contributed by atoms with E-state index in [4.69, 9.17) is 0 Å². The van der Waals surface area contributed by atoms with E-state index >= 15 is 0 Å². The van der Waals surface area contributed by atoms with E-state index in [2.05, 4.69) is 15.5 Å². The lowest BCUT2D eigenvalue weighted by molar-refractivity contribution is -0.119. The van der Waals surface area contributed by atoms with Crippen molar-refractivity contribution < 1.29 is 9.59 Å². The summed E-state index contributed by atoms with van der Waals surface area (Å²) in [6.07, 6.45) is 1.46. The fraction of sp³-hybridized carbons (Fsp3) is 0.500. The SMILES string of the molecule is CC(=O)NC1CCN(C(=O)c2ccc(=O)[nH]n2)CC1. The van der Waals surface area contributed by atoms with Gasteiger partial charge in [-0.1, -0.05) is 0 Å². The van der Waals surface area contributed by atoms with Crippen molar-refractivity contribution in [1.82, 2.24) is 20.4 Å². The number of nitrogens with one attached hydrogen (secondary N) is 2. The molecule has 102 valence electrons. The van der Waals surface area contributed by atoms with Crippen LogP contribution in [0.2, 0.25) is 0 Å². The van der Waals surface area contributed by atoms with Crippen molar-refractivity contribution in [3.63, 3.8) is 0 Å². The molecule has 0 saturated carbocycles. The highest BCUT2D eigenvalue weighted by Crippen LogP contribution is 2.12. The van der Waals surface area contributed by atoms with Crippen molar-refractivity contribution in [2.75, 3.05) is 13.1 Å². The molecule has 2 heterocycles. The number of amides is 2. The van der Waals surface area contributed by atoms with E-state index in [1.54, 1.807) is 4.90 Å². The van der Waals surface area contributed by atoms with Crippen molar-refractivity contribution in [2.45, 2.75) is 25.8 Å². The second kappa shape index (κ2) is 5.64. The first-order valence-electron chi connectivity index (χ1n) is 6.18. The zero-order valence-electron chi connectivity index (χ0n) is 10.7. The molecule has 1 aromatic rings. The Bertz CT molecular complexity index is 512. The van der Waals surface area contributed by atoms with Crippen molar-refractivity contribution in [2.24, 2.45) is 0 Å². The molecular formula is C12H16N4O3. The lowest BCUT2D eigenvalue weighted by Crippen LogP contribution is -2.46. The van der Waals surface area contributed by atoms with Crippen LogP contribution in [0.15, 0.2) is 16.9 Å². The third-order valence-corrected chi connectivity index (χ3v) is 3.09. The highest BCUT2D eigenvalue weighted by molar-refractivity contribution is 5.92. The van der Waals surface area contributed by atoms with Crippen LogP contribution in [0.1, 0.15) is 30.3 Å². The van der Waals surface area contributed by atoms with Crippen LogP contribution in [0.4, 0.5) is 0 Å². The first kappa shape index (κ1) is 13.3. The van der Waals surface area contributed by atoms with Crippen LogP contribution >= 0.6 is 0 Å². The van der Waals surface area contributed by atoms with E-state index in [-0.39, 0.29) is 29.1 Å². The fourth-order valence-corrected chi connectivity index (χ4v) is 2.14. The number of rotatable bonds is 2. The van der Waals surface area contributed by atoms with Crippen molar-refractivity contribution in [3.05, 3.63) is 28.2 Å². The Hall–Kier alpha value is -2.18. The minimum atomic E-state index is -0.332. The van der Waals surface area contributed by atoms with Gasteiger partial charge in [-0.25, -0.2) is 5.10 Å². The second-order valence-electron chi connectivity index (χ2n) is 4.57. The number of aromatic amines is 1. The van der Waals surface area contributed by atoms with Crippen molar-refractivity contribution in [1.29, 1.82) is 0 Å². The summed E-state index contributed by atoms with van der Waals surface area (Å²) in [5, 5.41) is 8.82. The summed E-state index contributed by atoms with van der Waals surface area (Å²) in [5.41, 5.74) is -0.0986. The molecule has 1 fully saturated rings. The van der Waals surface area contributed by atoms with Crippen LogP contribution in [0.3, 0.4) is 0 Å². The lowest BCUT2D eigenvalue weighted by atomic mass is 10.0. The standard InChI is InChI=1S/C12H16N4O3/c1-8(17)13-9-4-6-16(7-5-9)12(19)10-2-3-11(18)15-14-10/h2-3,9H,4-7H2,1H3,(H,13,17)(H,15,18). The Morgan fingerprint density at radius 3 is 2.58 bits per heavy atom. The molecule has 0 aromatic carbocycles. The maximum Gasteiger partial charge on any atom is 0.274 e. The lowest BCUT2D eigenvalue weighted by Gasteiger charge is -2.31. The molecule has 0 unspecified atom stereocenters. The Balaban J connectivity index is 1.94. The third-order valence-electron chi connectivity index (χ3n) is 3.09. The number of likely N-dealkylation sites (tertiary alicyclic amines) is 1. The van der Waals surface area contributed by atoms with E-state index in [0.29, 0.717) is 13.1 Å². The van der Waals surface area contributed by atoms with Gasteiger partial charge in [0.1, 0.15) is 5.69 Å². The molecule has 1 saturated heterocycles. The average Bonchev–Trinajstić information content (AvgIpc) is 2.39. The van der Waals surface area contributed by atoms with Crippen LogP contribution in [-0.2, 0) is 4.79 Å². The molecule has 0 radical (unpaired) electrons. The number of hydrogen-bond acceptors (Lipinski definition) is 4. The molecule has 7 heteroatoms. The number of H-pyrrole nitrogens is 1. The summed E-state index contributed by atoms with van der Waals surface area (Å²) in [4.78, 5) is 35.6. The summed E-state index contributed by atoms with van der Waals surface area (Å²) in [6, 6.07) is 2.83. The molecule has 2 amide bonds. The Labute approximate surface area is 110 Å². The number of piperidine rings is 1. The molecule has 7 nitrogen and oxygen atoms in total. The van der Waals surface area contributed by atoms with Crippen molar-refractivity contribution in [3.8, 4) is 0 Å². The highest BCUT2D eigenvalue weighted by Gasteiger charge is 2.24. The van der Waals surface area contributed by atoms with Gasteiger partial charge < -0.3 is 10.2 Å². The molecular weight excluding hydrogens is 248 g/mol. The minimum Gasteiger partial charge on any atom is -0.353 e. The third kappa shape index (κ3) is 3.40. The molecule has 0 atom stereocenters. The summed E-state index contributed by atoms with van der Waals surface area (Å²) in [7, 11) is 0. The van der Waals surface area contributed by atoms with Crippen LogP contribution in [-0.4, -0.2) is 46.0 Å². The predicted octanol–water partition coefficient (Wildman–Crippen LogP) is -0.489. The molecule has 1 aliphatic heterocycles. The van der Waals surface area contributed by atoms with Gasteiger partial charge in [0.05, 0.1) is 0 Å². The molecule has 0 aliphatic carbocycles. The Kier molecular flexibility index (Phi) is 3.94. The molecule has 1 aliphatic rings. The number of carbonyl (C=O) groups is 2. The minimum absolute atomic E-state index is 0.0490. The van der Waals surface area contributed by atoms with Gasteiger partial charge in [-0.2, -0.15) is 5.10 Å². The number of hydrogen-bond donors (Lipinski definition) is 2. The van der Waals surface area contributed by atoms with Gasteiger partial charge in [0, 0.05) is 32.1 Å². The van der Waals surface area contributed by atoms with E-state index in [1.807, 2.05) is 0 Å². The topological polar surface area (TPSA) is 95.2 Å². The zero-order chi connectivity index (χ0) is 13.8. The van der Waals surface area contributed by atoms with Gasteiger partial charge in [-0.15, -0.1) is 0 Å². The summed E-state index contributed by atoms with van der Waals surface area (Å²) < 4.78 is 0. The van der Waals surface area contributed by atoms with Gasteiger partial charge in [-0.05, 0) is 18.9 Å². The number of aromatic nitrogens is 2. The van der Waals surface area contributed by atoms with Crippen molar-refractivity contribution >= 4 is 11.8 Å². The fourth-order valence-electron chi connectivity index (χ4n) is 2.14. The quantitative estimate of drug-likeness (QED) is 0.753. The van der Waals surface area contributed by atoms with Gasteiger partial charge in [0.25, 0.3) is 11.5 Å². The van der Waals surface area contributed by atoms with Crippen LogP contribution < -0.4 is 10.9 Å². The molecule has 1 aromatic heterocycles. The molecule has 0 bridgehead atoms. The summed E-state index contributed by atoms with van der Waals surface area (Å²) >= 11 is 0. The monoisotopic (exact) mass is 264 g/mol. The molecule has 0 spiro atoms. The smallest absolute Gasteiger partial charge is 0.274 e. The molecule has 19 heavy (non-hydrogen) atoms. The van der Waals surface area contributed by atoms with Gasteiger partial charge >= 0.3 is 0 Å². The van der Waals surface area contributed by atoms with E-state index < -0.39 is 0 Å². The van der Waals surface area contributed by atoms with E-state index in [0.717, 1.165) is 12.8 Å². The summed E-state index contributed by atoms with van der Waals surface area (Å²) in [6.45, 7) is 2.64. The van der Waals surface area contributed by atoms with E-state index in [9.17, 15) is 14.4 Å². The normalized spacial score (nSPS) is 16.2. The zero-order valence-corrected chi connectivity index (χ0v) is 10.7. The van der Waals surface area contributed by atoms with Gasteiger partial charge in [0.2, 0.25) is 5.91 Å². The molecule has 2 N–H and O–H groups in total. The first-order valence-corrected chi connectivity index (χ1v) is 6.18. The number of nitrogens with zero attached hydrogens (tertiary/aromatic N) is 2. The molecule has 2 rings (SSSR count). The summed E-state index contributed by atoms with van der Waals surface area (Å²) in [5.74, 6) is -0.246. The first-order chi connectivity index (χ1) is 9.06. The van der Waals surface area contributed by atoms with E-state index in [1.165, 1.54) is 19.1 Å². The van der Waals surface area contributed by atoms with Gasteiger partial charge in [0.15, 0.2) is 0 Å². The maximum atomic E-state index is 12.1. The Morgan fingerprint density at radius 2 is 2.05 bits per heavy atom.